The first-order valence-corrected chi connectivity index (χ1v) is 6.06. The Morgan fingerprint density at radius 1 is 1.11 bits per heavy atom. The lowest BCUT2D eigenvalue weighted by Gasteiger charge is -2.15. The van der Waals surface area contributed by atoms with Crippen molar-refractivity contribution in [2.45, 2.75) is 13.8 Å². The average molecular weight is 258 g/mol. The molecule has 100 valence electrons. The van der Waals surface area contributed by atoms with Crippen LogP contribution in [0.15, 0.2) is 18.3 Å². The summed E-state index contributed by atoms with van der Waals surface area (Å²) in [6.07, 6.45) is 1.77. The van der Waals surface area contributed by atoms with Crippen molar-refractivity contribution >= 4 is 5.95 Å². The van der Waals surface area contributed by atoms with E-state index in [1.165, 1.54) is 0 Å². The number of anilines is 1. The monoisotopic (exact) mass is 258 g/mol. The fraction of sp³-hybridized carbons (Fsp3) is 0.357. The lowest BCUT2D eigenvalue weighted by atomic mass is 10.1. The Kier molecular flexibility index (Phi) is 3.64. The fourth-order valence-electron chi connectivity index (χ4n) is 1.74. The molecule has 0 aromatic carbocycles. The van der Waals surface area contributed by atoms with Crippen LogP contribution in [0.5, 0.6) is 5.88 Å². The van der Waals surface area contributed by atoms with E-state index in [0.29, 0.717) is 11.8 Å². The summed E-state index contributed by atoms with van der Waals surface area (Å²) in [6, 6.07) is 3.79. The molecular weight excluding hydrogens is 240 g/mol. The van der Waals surface area contributed by atoms with Crippen molar-refractivity contribution in [3.8, 4) is 17.1 Å². The number of hydrogen-bond acceptors (Lipinski definition) is 5. The summed E-state index contributed by atoms with van der Waals surface area (Å²) in [6.45, 7) is 4.01. The van der Waals surface area contributed by atoms with Gasteiger partial charge in [0.1, 0.15) is 0 Å². The molecule has 2 heterocycles. The van der Waals surface area contributed by atoms with Crippen LogP contribution in [0, 0.1) is 13.8 Å². The first kappa shape index (κ1) is 13.3. The van der Waals surface area contributed by atoms with Gasteiger partial charge >= 0.3 is 0 Å². The van der Waals surface area contributed by atoms with Crippen molar-refractivity contribution in [2.75, 3.05) is 26.1 Å². The first-order valence-electron chi connectivity index (χ1n) is 6.06. The standard InChI is InChI=1S/C14H18N4O/c1-9-10(2)16-14(18(3)4)17-13(9)11-6-7-12(19-5)15-8-11/h6-8H,1-5H3. The second-order valence-corrected chi connectivity index (χ2v) is 4.57. The summed E-state index contributed by atoms with van der Waals surface area (Å²) in [7, 11) is 5.46. The molecule has 0 aliphatic rings. The molecular formula is C14H18N4O. The summed E-state index contributed by atoms with van der Waals surface area (Å²) in [5, 5.41) is 0. The number of pyridine rings is 1. The highest BCUT2D eigenvalue weighted by atomic mass is 16.5. The number of nitrogens with zero attached hydrogens (tertiary/aromatic N) is 4. The molecule has 0 N–H and O–H groups in total. The molecule has 0 aliphatic heterocycles. The summed E-state index contributed by atoms with van der Waals surface area (Å²) in [4.78, 5) is 15.2. The molecule has 0 atom stereocenters. The second-order valence-electron chi connectivity index (χ2n) is 4.57. The van der Waals surface area contributed by atoms with E-state index in [0.717, 1.165) is 22.5 Å². The Balaban J connectivity index is 2.53. The van der Waals surface area contributed by atoms with Crippen molar-refractivity contribution in [1.29, 1.82) is 0 Å². The topological polar surface area (TPSA) is 51.1 Å². The van der Waals surface area contributed by atoms with Gasteiger partial charge in [-0.25, -0.2) is 15.0 Å². The molecule has 2 aromatic heterocycles. The van der Waals surface area contributed by atoms with Crippen LogP contribution < -0.4 is 9.64 Å². The van der Waals surface area contributed by atoms with Crippen LogP contribution in [0.3, 0.4) is 0 Å². The molecule has 19 heavy (non-hydrogen) atoms. The van der Waals surface area contributed by atoms with Gasteiger partial charge in [0, 0.05) is 37.6 Å². The number of aryl methyl sites for hydroxylation is 1. The molecule has 0 saturated carbocycles. The molecule has 0 bridgehead atoms. The number of rotatable bonds is 3. The second kappa shape index (κ2) is 5.22. The SMILES string of the molecule is COc1ccc(-c2nc(N(C)C)nc(C)c2C)cn1. The van der Waals surface area contributed by atoms with E-state index in [4.69, 9.17) is 4.74 Å². The summed E-state index contributed by atoms with van der Waals surface area (Å²) in [5.41, 5.74) is 3.92. The minimum atomic E-state index is 0.597. The van der Waals surface area contributed by atoms with Crippen LogP contribution in [-0.2, 0) is 0 Å². The van der Waals surface area contributed by atoms with Crippen molar-refractivity contribution < 1.29 is 4.74 Å². The zero-order valence-corrected chi connectivity index (χ0v) is 11.9. The highest BCUT2D eigenvalue weighted by Gasteiger charge is 2.11. The van der Waals surface area contributed by atoms with Crippen molar-refractivity contribution in [3.05, 3.63) is 29.6 Å². The zero-order chi connectivity index (χ0) is 14.0. The Labute approximate surface area is 113 Å². The van der Waals surface area contributed by atoms with E-state index < -0.39 is 0 Å². The molecule has 0 amide bonds. The fourth-order valence-corrected chi connectivity index (χ4v) is 1.74. The van der Waals surface area contributed by atoms with Crippen molar-refractivity contribution in [1.82, 2.24) is 15.0 Å². The van der Waals surface area contributed by atoms with Gasteiger partial charge in [-0.15, -0.1) is 0 Å². The largest absolute Gasteiger partial charge is 0.481 e. The molecule has 2 rings (SSSR count). The molecule has 0 fully saturated rings. The number of ether oxygens (including phenoxy) is 1. The molecule has 5 nitrogen and oxygen atoms in total. The normalized spacial score (nSPS) is 10.4. The molecule has 0 radical (unpaired) electrons. The average Bonchev–Trinajstić information content (AvgIpc) is 2.41. The highest BCUT2D eigenvalue weighted by molar-refractivity contribution is 5.64. The molecule has 0 saturated heterocycles. The number of hydrogen-bond donors (Lipinski definition) is 0. The smallest absolute Gasteiger partial charge is 0.225 e. The number of methoxy groups -OCH3 is 1. The van der Waals surface area contributed by atoms with Gasteiger partial charge < -0.3 is 9.64 Å². The third-order valence-electron chi connectivity index (χ3n) is 3.00. The first-order chi connectivity index (χ1) is 9.02. The third-order valence-corrected chi connectivity index (χ3v) is 3.00. The Morgan fingerprint density at radius 3 is 2.37 bits per heavy atom. The van der Waals surface area contributed by atoms with Gasteiger partial charge in [-0.05, 0) is 25.5 Å². The van der Waals surface area contributed by atoms with E-state index in [9.17, 15) is 0 Å². The van der Waals surface area contributed by atoms with Gasteiger partial charge in [0.05, 0.1) is 12.8 Å². The van der Waals surface area contributed by atoms with Crippen molar-refractivity contribution in [2.24, 2.45) is 0 Å². The Morgan fingerprint density at radius 2 is 1.84 bits per heavy atom. The molecule has 2 aromatic rings. The quantitative estimate of drug-likeness (QED) is 0.845. The van der Waals surface area contributed by atoms with Gasteiger partial charge in [-0.2, -0.15) is 0 Å². The molecule has 0 spiro atoms. The van der Waals surface area contributed by atoms with Gasteiger partial charge in [0.2, 0.25) is 11.8 Å². The highest BCUT2D eigenvalue weighted by Crippen LogP contribution is 2.25. The lowest BCUT2D eigenvalue weighted by molar-refractivity contribution is 0.398. The van der Waals surface area contributed by atoms with E-state index in [1.807, 2.05) is 45.0 Å². The van der Waals surface area contributed by atoms with Gasteiger partial charge in [0.25, 0.3) is 0 Å². The van der Waals surface area contributed by atoms with Crippen LogP contribution in [0.25, 0.3) is 11.3 Å². The maximum Gasteiger partial charge on any atom is 0.225 e. The van der Waals surface area contributed by atoms with Crippen LogP contribution >= 0.6 is 0 Å². The van der Waals surface area contributed by atoms with E-state index in [1.54, 1.807) is 13.3 Å². The van der Waals surface area contributed by atoms with Crippen LogP contribution in [-0.4, -0.2) is 36.2 Å². The Bertz CT molecular complexity index is 579. The molecule has 5 heteroatoms. The molecule has 0 aliphatic carbocycles. The van der Waals surface area contributed by atoms with E-state index >= 15 is 0 Å². The minimum absolute atomic E-state index is 0.597. The lowest BCUT2D eigenvalue weighted by Crippen LogP contribution is -2.14. The van der Waals surface area contributed by atoms with Crippen LogP contribution in [0.1, 0.15) is 11.3 Å². The van der Waals surface area contributed by atoms with E-state index in [-0.39, 0.29) is 0 Å². The summed E-state index contributed by atoms with van der Waals surface area (Å²) < 4.78 is 5.07. The predicted octanol–water partition coefficient (Wildman–Crippen LogP) is 2.23. The maximum atomic E-state index is 5.07. The minimum Gasteiger partial charge on any atom is -0.481 e. The summed E-state index contributed by atoms with van der Waals surface area (Å²) in [5.74, 6) is 1.30. The van der Waals surface area contributed by atoms with Crippen LogP contribution in [0.2, 0.25) is 0 Å². The van der Waals surface area contributed by atoms with E-state index in [2.05, 4.69) is 15.0 Å². The Hall–Kier alpha value is -2.17. The third kappa shape index (κ3) is 2.65. The van der Waals surface area contributed by atoms with Gasteiger partial charge in [0.15, 0.2) is 0 Å². The predicted molar refractivity (Wildman–Crippen MR) is 75.6 cm³/mol. The van der Waals surface area contributed by atoms with Gasteiger partial charge in [-0.1, -0.05) is 0 Å². The van der Waals surface area contributed by atoms with Crippen molar-refractivity contribution in [3.63, 3.8) is 0 Å². The molecule has 0 unspecified atom stereocenters. The zero-order valence-electron chi connectivity index (χ0n) is 11.9. The van der Waals surface area contributed by atoms with Crippen LogP contribution in [0.4, 0.5) is 5.95 Å². The maximum absolute atomic E-state index is 5.07. The number of aromatic nitrogens is 3. The summed E-state index contributed by atoms with van der Waals surface area (Å²) >= 11 is 0. The van der Waals surface area contributed by atoms with Gasteiger partial charge in [-0.3, -0.25) is 0 Å².